The lowest BCUT2D eigenvalue weighted by Gasteiger charge is -2.19. The second-order valence-corrected chi connectivity index (χ2v) is 8.08. The average molecular weight is 461 g/mol. The normalized spacial score (nSPS) is 17.3. The molecular weight excluding hydrogens is 442 g/mol. The Hall–Kier alpha value is -3.53. The summed E-state index contributed by atoms with van der Waals surface area (Å²) < 4.78 is 29.7. The highest BCUT2D eigenvalue weighted by atomic mass is 35.5. The van der Waals surface area contributed by atoms with Crippen LogP contribution in [-0.4, -0.2) is 52.6 Å². The molecule has 1 fully saturated rings. The number of halogens is 3. The van der Waals surface area contributed by atoms with Crippen LogP contribution in [0.5, 0.6) is 0 Å². The first-order valence-electron chi connectivity index (χ1n) is 9.60. The number of aromatic nitrogens is 2. The number of imidazole rings is 1. The van der Waals surface area contributed by atoms with E-state index in [-0.39, 0.29) is 34.1 Å². The second kappa shape index (κ2) is 7.86. The van der Waals surface area contributed by atoms with Crippen LogP contribution >= 0.6 is 11.6 Å². The van der Waals surface area contributed by atoms with Crippen molar-refractivity contribution in [1.29, 1.82) is 5.41 Å². The molecule has 1 aromatic carbocycles. The first-order chi connectivity index (χ1) is 15.1. The Balaban J connectivity index is 1.79. The monoisotopic (exact) mass is 460 g/mol. The molecule has 0 spiro atoms. The van der Waals surface area contributed by atoms with E-state index in [0.29, 0.717) is 11.2 Å². The van der Waals surface area contributed by atoms with Gasteiger partial charge in [0.15, 0.2) is 11.6 Å². The Kier molecular flexibility index (Phi) is 5.33. The SMILES string of the molecule is CN(C)C(=O)c1c(N)c(C=N)c(-c2ccc3nc(NC(=O)[C@@H]4C[C@@H]4F)cn3c2)c(Cl)c1F. The number of nitrogens with one attached hydrogen (secondary N) is 2. The number of hydrogen-bond acceptors (Lipinski definition) is 5. The molecule has 11 heteroatoms. The van der Waals surface area contributed by atoms with E-state index in [1.807, 2.05) is 0 Å². The van der Waals surface area contributed by atoms with E-state index in [0.717, 1.165) is 6.21 Å². The quantitative estimate of drug-likeness (QED) is 0.399. The number of fused-ring (bicyclic) bond motifs is 1. The molecule has 4 N–H and O–H groups in total. The molecule has 1 aliphatic carbocycles. The number of amides is 2. The van der Waals surface area contributed by atoms with E-state index in [9.17, 15) is 14.0 Å². The molecule has 166 valence electrons. The number of anilines is 2. The molecule has 0 radical (unpaired) electrons. The van der Waals surface area contributed by atoms with Crippen LogP contribution in [0.3, 0.4) is 0 Å². The highest BCUT2D eigenvalue weighted by Crippen LogP contribution is 2.39. The molecule has 0 saturated heterocycles. The molecule has 0 unspecified atom stereocenters. The molecule has 1 aliphatic rings. The predicted octanol–water partition coefficient (Wildman–Crippen LogP) is 3.37. The number of hydrogen-bond donors (Lipinski definition) is 3. The lowest BCUT2D eigenvalue weighted by Crippen LogP contribution is -2.25. The summed E-state index contributed by atoms with van der Waals surface area (Å²) in [6.07, 6.45) is 3.09. The predicted molar refractivity (Wildman–Crippen MR) is 118 cm³/mol. The lowest BCUT2D eigenvalue weighted by molar-refractivity contribution is -0.117. The first-order valence-corrected chi connectivity index (χ1v) is 9.98. The fourth-order valence-corrected chi connectivity index (χ4v) is 3.75. The first kappa shape index (κ1) is 21.7. The lowest BCUT2D eigenvalue weighted by atomic mass is 9.95. The van der Waals surface area contributed by atoms with Gasteiger partial charge in [-0.05, 0) is 18.6 Å². The van der Waals surface area contributed by atoms with E-state index in [1.54, 1.807) is 22.7 Å². The third-order valence-electron chi connectivity index (χ3n) is 5.27. The van der Waals surface area contributed by atoms with Gasteiger partial charge in [0.2, 0.25) is 5.91 Å². The summed E-state index contributed by atoms with van der Waals surface area (Å²) in [5.74, 6) is -2.51. The van der Waals surface area contributed by atoms with Crippen LogP contribution in [0, 0.1) is 17.1 Å². The van der Waals surface area contributed by atoms with Crippen LogP contribution in [-0.2, 0) is 4.79 Å². The van der Waals surface area contributed by atoms with Gasteiger partial charge in [0.1, 0.15) is 17.4 Å². The Morgan fingerprint density at radius 3 is 2.66 bits per heavy atom. The van der Waals surface area contributed by atoms with Crippen molar-refractivity contribution < 1.29 is 18.4 Å². The molecule has 2 heterocycles. The van der Waals surface area contributed by atoms with Gasteiger partial charge in [-0.3, -0.25) is 9.59 Å². The fourth-order valence-electron chi connectivity index (χ4n) is 3.44. The van der Waals surface area contributed by atoms with E-state index >= 15 is 4.39 Å². The van der Waals surface area contributed by atoms with Gasteiger partial charge in [-0.15, -0.1) is 0 Å². The van der Waals surface area contributed by atoms with E-state index < -0.39 is 35.3 Å². The maximum atomic E-state index is 15.1. The zero-order valence-corrected chi connectivity index (χ0v) is 17.9. The van der Waals surface area contributed by atoms with E-state index in [2.05, 4.69) is 10.3 Å². The number of nitrogens with zero attached hydrogens (tertiary/aromatic N) is 3. The van der Waals surface area contributed by atoms with Gasteiger partial charge in [-0.2, -0.15) is 0 Å². The van der Waals surface area contributed by atoms with Crippen molar-refractivity contribution in [2.24, 2.45) is 5.92 Å². The van der Waals surface area contributed by atoms with Crippen LogP contribution in [0.15, 0.2) is 24.5 Å². The molecule has 0 aliphatic heterocycles. The van der Waals surface area contributed by atoms with Gasteiger partial charge in [0.05, 0.1) is 22.8 Å². The molecule has 32 heavy (non-hydrogen) atoms. The van der Waals surface area contributed by atoms with Gasteiger partial charge >= 0.3 is 0 Å². The highest BCUT2D eigenvalue weighted by molar-refractivity contribution is 6.35. The number of nitrogens with two attached hydrogens (primary N) is 1. The number of benzene rings is 1. The maximum absolute atomic E-state index is 15.1. The van der Waals surface area contributed by atoms with Crippen LogP contribution in [0.1, 0.15) is 22.3 Å². The van der Waals surface area contributed by atoms with Crippen LogP contribution in [0.25, 0.3) is 16.8 Å². The van der Waals surface area contributed by atoms with Crippen LogP contribution in [0.4, 0.5) is 20.3 Å². The smallest absolute Gasteiger partial charge is 0.258 e. The molecule has 3 aromatic rings. The van der Waals surface area contributed by atoms with Gasteiger partial charge in [0, 0.05) is 43.2 Å². The molecular formula is C21H19ClF2N6O2. The number of pyridine rings is 1. The fraction of sp³-hybridized carbons (Fsp3) is 0.238. The molecule has 2 aromatic heterocycles. The zero-order valence-electron chi connectivity index (χ0n) is 17.1. The largest absolute Gasteiger partial charge is 0.397 e. The average Bonchev–Trinajstić information content (AvgIpc) is 3.35. The van der Waals surface area contributed by atoms with Crippen molar-refractivity contribution in [2.45, 2.75) is 12.6 Å². The second-order valence-electron chi connectivity index (χ2n) is 7.71. The minimum Gasteiger partial charge on any atom is -0.397 e. The summed E-state index contributed by atoms with van der Waals surface area (Å²) in [5, 5.41) is 10.0. The van der Waals surface area contributed by atoms with Gasteiger partial charge in [-0.25, -0.2) is 13.8 Å². The van der Waals surface area contributed by atoms with Gasteiger partial charge < -0.3 is 25.8 Å². The Morgan fingerprint density at radius 2 is 2.06 bits per heavy atom. The Morgan fingerprint density at radius 1 is 1.38 bits per heavy atom. The van der Waals surface area contributed by atoms with Crippen LogP contribution in [0.2, 0.25) is 5.02 Å². The van der Waals surface area contributed by atoms with Gasteiger partial charge in [-0.1, -0.05) is 11.6 Å². The molecule has 2 atom stereocenters. The standard InChI is InChI=1S/C21H19ClF2N6O2/c1-29(2)21(32)16-18(24)17(22)15(11(6-25)19(16)26)9-3-4-14-27-13(8-30(14)7-9)28-20(31)10-5-12(10)23/h3-4,6-8,10,12,25H,5,26H2,1-2H3,(H,28,31)/t10-,12+/m1/s1. The van der Waals surface area contributed by atoms with Gasteiger partial charge in [0.25, 0.3) is 5.91 Å². The minimum atomic E-state index is -1.12. The van der Waals surface area contributed by atoms with Crippen molar-refractivity contribution in [1.82, 2.24) is 14.3 Å². The molecule has 0 bridgehead atoms. The summed E-state index contributed by atoms with van der Waals surface area (Å²) in [7, 11) is 2.90. The maximum Gasteiger partial charge on any atom is 0.258 e. The summed E-state index contributed by atoms with van der Waals surface area (Å²) >= 11 is 6.30. The van der Waals surface area contributed by atoms with Crippen molar-refractivity contribution in [3.8, 4) is 11.1 Å². The molecule has 4 rings (SSSR count). The topological polar surface area (TPSA) is 117 Å². The van der Waals surface area contributed by atoms with E-state index in [4.69, 9.17) is 22.7 Å². The van der Waals surface area contributed by atoms with E-state index in [1.165, 1.54) is 25.2 Å². The summed E-state index contributed by atoms with van der Waals surface area (Å²) in [5.41, 5.74) is 6.59. The van der Waals surface area contributed by atoms with Crippen molar-refractivity contribution in [3.63, 3.8) is 0 Å². The van der Waals surface area contributed by atoms with Crippen molar-refractivity contribution >= 4 is 46.8 Å². The molecule has 1 saturated carbocycles. The zero-order chi connectivity index (χ0) is 23.3. The number of carbonyl (C=O) groups excluding carboxylic acids is 2. The Bertz CT molecular complexity index is 1290. The number of carbonyl (C=O) groups is 2. The third kappa shape index (κ3) is 3.56. The number of nitrogen functional groups attached to an aromatic ring is 1. The summed E-state index contributed by atoms with van der Waals surface area (Å²) in [4.78, 5) is 29.8. The molecule has 2 amide bonds. The highest BCUT2D eigenvalue weighted by Gasteiger charge is 2.43. The minimum absolute atomic E-state index is 0.0947. The number of alkyl halides is 1. The molecule has 8 nitrogen and oxygen atoms in total. The van der Waals surface area contributed by atoms with Crippen molar-refractivity contribution in [3.05, 3.63) is 46.5 Å². The summed E-state index contributed by atoms with van der Waals surface area (Å²) in [6.45, 7) is 0. The van der Waals surface area contributed by atoms with Crippen molar-refractivity contribution in [2.75, 3.05) is 25.1 Å². The van der Waals surface area contributed by atoms with Crippen LogP contribution < -0.4 is 11.1 Å². The summed E-state index contributed by atoms with van der Waals surface area (Å²) in [6, 6.07) is 3.21. The third-order valence-corrected chi connectivity index (χ3v) is 5.62. The number of rotatable bonds is 5. The Labute approximate surface area is 186 Å².